The largest absolute Gasteiger partial charge is 0.411 e. The van der Waals surface area contributed by atoms with Crippen molar-refractivity contribution in [3.05, 3.63) is 29.3 Å². The summed E-state index contributed by atoms with van der Waals surface area (Å²) in [6, 6.07) is 5.05. The van der Waals surface area contributed by atoms with Crippen LogP contribution in [-0.4, -0.2) is 46.8 Å². The molecule has 0 saturated carbocycles. The zero-order valence-electron chi connectivity index (χ0n) is 13.9. The fourth-order valence-electron chi connectivity index (χ4n) is 1.90. The molecule has 25 heavy (non-hydrogen) atoms. The number of rotatable bonds is 9. The van der Waals surface area contributed by atoms with Crippen LogP contribution >= 0.6 is 0 Å². The van der Waals surface area contributed by atoms with Gasteiger partial charge in [0, 0.05) is 19.5 Å². The van der Waals surface area contributed by atoms with E-state index < -0.39 is 28.7 Å². The third-order valence-electron chi connectivity index (χ3n) is 3.11. The van der Waals surface area contributed by atoms with Crippen molar-refractivity contribution in [3.63, 3.8) is 0 Å². The van der Waals surface area contributed by atoms with Gasteiger partial charge < -0.3 is 10.1 Å². The second kappa shape index (κ2) is 9.16. The van der Waals surface area contributed by atoms with Crippen molar-refractivity contribution in [1.29, 1.82) is 0 Å². The standard InChI is InChI=1S/C15H21F3N2O4S/c1-11-3-4-12(2)13(9-11)25(22,23)20-7-6-19-14(21)5-8-24-10-15(16,17)18/h3-4,9,20H,5-8,10H2,1-2H3,(H,19,21). The first-order valence-electron chi connectivity index (χ1n) is 7.49. The number of aryl methyl sites for hydroxylation is 2. The van der Waals surface area contributed by atoms with Gasteiger partial charge in [-0.25, -0.2) is 13.1 Å². The molecule has 1 aromatic carbocycles. The van der Waals surface area contributed by atoms with Crippen molar-refractivity contribution in [2.45, 2.75) is 31.3 Å². The number of carbonyl (C=O) groups excluding carboxylic acids is 1. The second-order valence-electron chi connectivity index (χ2n) is 5.43. The molecular weight excluding hydrogens is 361 g/mol. The summed E-state index contributed by atoms with van der Waals surface area (Å²) >= 11 is 0. The highest BCUT2D eigenvalue weighted by atomic mass is 32.2. The van der Waals surface area contributed by atoms with Crippen LogP contribution in [0.3, 0.4) is 0 Å². The molecule has 1 rings (SSSR count). The van der Waals surface area contributed by atoms with Gasteiger partial charge in [-0.1, -0.05) is 12.1 Å². The molecule has 0 fully saturated rings. The average Bonchev–Trinajstić information content (AvgIpc) is 2.49. The Morgan fingerprint density at radius 3 is 2.52 bits per heavy atom. The van der Waals surface area contributed by atoms with Crippen molar-refractivity contribution in [1.82, 2.24) is 10.0 Å². The molecule has 0 radical (unpaired) electrons. The third kappa shape index (κ3) is 8.32. The molecule has 0 heterocycles. The molecule has 0 bridgehead atoms. The van der Waals surface area contributed by atoms with Gasteiger partial charge >= 0.3 is 6.18 Å². The van der Waals surface area contributed by atoms with Gasteiger partial charge in [0.25, 0.3) is 0 Å². The maximum atomic E-state index is 12.2. The Hall–Kier alpha value is -1.65. The summed E-state index contributed by atoms with van der Waals surface area (Å²) in [5, 5.41) is 2.40. The van der Waals surface area contributed by atoms with Crippen molar-refractivity contribution in [3.8, 4) is 0 Å². The van der Waals surface area contributed by atoms with E-state index in [1.807, 2.05) is 0 Å². The van der Waals surface area contributed by atoms with E-state index in [0.717, 1.165) is 5.56 Å². The van der Waals surface area contributed by atoms with Crippen LogP contribution < -0.4 is 10.0 Å². The van der Waals surface area contributed by atoms with E-state index >= 15 is 0 Å². The van der Waals surface area contributed by atoms with E-state index in [1.165, 1.54) is 0 Å². The predicted octanol–water partition coefficient (Wildman–Crippen LogP) is 1.67. The molecular formula is C15H21F3N2O4S. The minimum atomic E-state index is -4.43. The molecule has 0 atom stereocenters. The SMILES string of the molecule is Cc1ccc(C)c(S(=O)(=O)NCCNC(=O)CCOCC(F)(F)F)c1. The van der Waals surface area contributed by atoms with Gasteiger partial charge in [-0.2, -0.15) is 13.2 Å². The number of halogens is 3. The Morgan fingerprint density at radius 2 is 1.88 bits per heavy atom. The van der Waals surface area contributed by atoms with Crippen molar-refractivity contribution in [2.75, 3.05) is 26.3 Å². The monoisotopic (exact) mass is 382 g/mol. The quantitative estimate of drug-likeness (QED) is 0.637. The average molecular weight is 382 g/mol. The molecule has 1 aromatic rings. The van der Waals surface area contributed by atoms with Crippen LogP contribution in [0.2, 0.25) is 0 Å². The number of nitrogens with one attached hydrogen (secondary N) is 2. The number of sulfonamides is 1. The number of hydrogen-bond donors (Lipinski definition) is 2. The molecule has 6 nitrogen and oxygen atoms in total. The number of benzene rings is 1. The lowest BCUT2D eigenvalue weighted by molar-refractivity contribution is -0.174. The van der Waals surface area contributed by atoms with Crippen molar-refractivity contribution >= 4 is 15.9 Å². The maximum Gasteiger partial charge on any atom is 0.411 e. The van der Waals surface area contributed by atoms with Gasteiger partial charge in [0.05, 0.1) is 11.5 Å². The number of amides is 1. The third-order valence-corrected chi connectivity index (χ3v) is 4.71. The van der Waals surface area contributed by atoms with Crippen molar-refractivity contribution < 1.29 is 31.1 Å². The molecule has 0 aliphatic heterocycles. The summed E-state index contributed by atoms with van der Waals surface area (Å²) in [7, 11) is -3.70. The maximum absolute atomic E-state index is 12.2. The Labute approximate surface area is 144 Å². The fraction of sp³-hybridized carbons (Fsp3) is 0.533. The van der Waals surface area contributed by atoms with Gasteiger partial charge in [-0.3, -0.25) is 4.79 Å². The summed E-state index contributed by atoms with van der Waals surface area (Å²) in [4.78, 5) is 11.6. The summed E-state index contributed by atoms with van der Waals surface area (Å²) in [6.07, 6.45) is -4.66. The van der Waals surface area contributed by atoms with Gasteiger partial charge in [-0.15, -0.1) is 0 Å². The molecule has 0 saturated heterocycles. The van der Waals surface area contributed by atoms with Crippen LogP contribution in [0.25, 0.3) is 0 Å². The number of ether oxygens (including phenoxy) is 1. The highest BCUT2D eigenvalue weighted by molar-refractivity contribution is 7.89. The van der Waals surface area contributed by atoms with E-state index in [1.54, 1.807) is 32.0 Å². The number of hydrogen-bond acceptors (Lipinski definition) is 4. The van der Waals surface area contributed by atoms with Gasteiger partial charge in [0.15, 0.2) is 0 Å². The Balaban J connectivity index is 2.32. The van der Waals surface area contributed by atoms with Crippen LogP contribution in [0.4, 0.5) is 13.2 Å². The number of carbonyl (C=O) groups is 1. The Kier molecular flexibility index (Phi) is 7.84. The van der Waals surface area contributed by atoms with Crippen LogP contribution in [0.5, 0.6) is 0 Å². The van der Waals surface area contributed by atoms with Crippen molar-refractivity contribution in [2.24, 2.45) is 0 Å². The molecule has 10 heteroatoms. The first-order chi connectivity index (χ1) is 11.5. The normalized spacial score (nSPS) is 12.2. The van der Waals surface area contributed by atoms with Gasteiger partial charge in [0.2, 0.25) is 15.9 Å². The van der Waals surface area contributed by atoms with E-state index in [-0.39, 0.29) is 31.0 Å². The molecule has 1 amide bonds. The lowest BCUT2D eigenvalue weighted by Crippen LogP contribution is -2.35. The highest BCUT2D eigenvalue weighted by Gasteiger charge is 2.27. The zero-order chi connectivity index (χ0) is 19.1. The van der Waals surface area contributed by atoms with Crippen LogP contribution in [-0.2, 0) is 19.6 Å². The topological polar surface area (TPSA) is 84.5 Å². The molecule has 0 aromatic heterocycles. The molecule has 0 aliphatic carbocycles. The predicted molar refractivity (Wildman–Crippen MR) is 85.6 cm³/mol. The van der Waals surface area contributed by atoms with Crippen LogP contribution in [0, 0.1) is 13.8 Å². The molecule has 142 valence electrons. The molecule has 2 N–H and O–H groups in total. The summed E-state index contributed by atoms with van der Waals surface area (Å²) in [6.45, 7) is 1.67. The molecule has 0 spiro atoms. The van der Waals surface area contributed by atoms with Crippen LogP contribution in [0.15, 0.2) is 23.1 Å². The minimum absolute atomic E-state index is 0.0161. The highest BCUT2D eigenvalue weighted by Crippen LogP contribution is 2.16. The van der Waals surface area contributed by atoms with E-state index in [4.69, 9.17) is 0 Å². The molecule has 0 aliphatic rings. The van der Waals surface area contributed by atoms with Gasteiger partial charge in [-0.05, 0) is 31.0 Å². The Morgan fingerprint density at radius 1 is 1.20 bits per heavy atom. The fourth-order valence-corrected chi connectivity index (χ4v) is 3.26. The summed E-state index contributed by atoms with van der Waals surface area (Å²) in [5.41, 5.74) is 1.40. The summed E-state index contributed by atoms with van der Waals surface area (Å²) < 4.78 is 66.6. The molecule has 0 unspecified atom stereocenters. The Bertz CT molecular complexity index is 691. The first-order valence-corrected chi connectivity index (χ1v) is 8.98. The van der Waals surface area contributed by atoms with E-state index in [0.29, 0.717) is 5.56 Å². The number of alkyl halides is 3. The van der Waals surface area contributed by atoms with Gasteiger partial charge in [0.1, 0.15) is 6.61 Å². The summed E-state index contributed by atoms with van der Waals surface area (Å²) in [5.74, 6) is -0.520. The lowest BCUT2D eigenvalue weighted by atomic mass is 10.2. The van der Waals surface area contributed by atoms with E-state index in [2.05, 4.69) is 14.8 Å². The minimum Gasteiger partial charge on any atom is -0.372 e. The zero-order valence-corrected chi connectivity index (χ0v) is 14.8. The van der Waals surface area contributed by atoms with E-state index in [9.17, 15) is 26.4 Å². The lowest BCUT2D eigenvalue weighted by Gasteiger charge is -2.11. The second-order valence-corrected chi connectivity index (χ2v) is 7.17. The first kappa shape index (κ1) is 21.4. The van der Waals surface area contributed by atoms with Crippen LogP contribution in [0.1, 0.15) is 17.5 Å². The smallest absolute Gasteiger partial charge is 0.372 e.